The van der Waals surface area contributed by atoms with E-state index in [2.05, 4.69) is 41.4 Å². The molecule has 2 aromatic carbocycles. The molecule has 4 nitrogen and oxygen atoms in total. The van der Waals surface area contributed by atoms with E-state index in [0.717, 1.165) is 21.1 Å². The average Bonchev–Trinajstić information content (AvgIpc) is 3.01. The summed E-state index contributed by atoms with van der Waals surface area (Å²) < 4.78 is 0. The third-order valence-electron chi connectivity index (χ3n) is 2.84. The number of hydrogen-bond donors (Lipinski definition) is 1. The van der Waals surface area contributed by atoms with Gasteiger partial charge < -0.3 is 9.90 Å². The van der Waals surface area contributed by atoms with E-state index < -0.39 is 0 Å². The number of phenols is 1. The molecule has 0 amide bonds. The lowest BCUT2D eigenvalue weighted by molar-refractivity contribution is -0.0979. The van der Waals surface area contributed by atoms with Crippen LogP contribution in [0.2, 0.25) is 0 Å². The lowest BCUT2D eigenvalue weighted by Crippen LogP contribution is -1.77. The first-order chi connectivity index (χ1) is 10.2. The Morgan fingerprint density at radius 2 is 1.29 bits per heavy atom. The second-order valence-corrected chi connectivity index (χ2v) is 5.30. The number of carbonyl (C=O) groups is 1. The molecule has 0 aliphatic heterocycles. The van der Waals surface area contributed by atoms with Crippen molar-refractivity contribution < 1.29 is 9.90 Å². The Morgan fingerprint density at radius 1 is 0.857 bits per heavy atom. The maximum atomic E-state index is 9.28. The third-order valence-corrected chi connectivity index (χ3v) is 3.86. The van der Waals surface area contributed by atoms with Gasteiger partial charge in [-0.2, -0.15) is 0 Å². The molecule has 0 aliphatic carbocycles. The van der Waals surface area contributed by atoms with E-state index >= 15 is 0 Å². The van der Waals surface area contributed by atoms with Crippen molar-refractivity contribution in [1.82, 2.24) is 10.2 Å². The summed E-state index contributed by atoms with van der Waals surface area (Å²) >= 11 is 1.55. The van der Waals surface area contributed by atoms with Crippen LogP contribution in [0.15, 0.2) is 48.5 Å². The van der Waals surface area contributed by atoms with Gasteiger partial charge in [0.1, 0.15) is 22.6 Å². The van der Waals surface area contributed by atoms with Gasteiger partial charge >= 0.3 is 0 Å². The molecule has 3 rings (SSSR count). The van der Waals surface area contributed by atoms with Crippen molar-refractivity contribution in [2.75, 3.05) is 0 Å². The normalized spacial score (nSPS) is 9.76. The maximum Gasteiger partial charge on any atom is 0.148 e. The second kappa shape index (κ2) is 6.76. The summed E-state index contributed by atoms with van der Waals surface area (Å²) in [7, 11) is 0. The SMILES string of the molecule is C=O.Cc1ccc(-c2nnc(-c3ccc(O)cc3)s2)cc1. The topological polar surface area (TPSA) is 63.1 Å². The summed E-state index contributed by atoms with van der Waals surface area (Å²) in [6.45, 7) is 4.06. The number of nitrogens with zero attached hydrogens (tertiary/aromatic N) is 2. The quantitative estimate of drug-likeness (QED) is 0.783. The monoisotopic (exact) mass is 298 g/mol. The number of aromatic hydroxyl groups is 1. The molecule has 0 radical (unpaired) electrons. The Hall–Kier alpha value is -2.53. The van der Waals surface area contributed by atoms with Gasteiger partial charge in [-0.15, -0.1) is 10.2 Å². The van der Waals surface area contributed by atoms with Crippen LogP contribution in [-0.2, 0) is 4.79 Å². The Labute approximate surface area is 126 Å². The zero-order valence-electron chi connectivity index (χ0n) is 11.5. The molecular weight excluding hydrogens is 284 g/mol. The Kier molecular flexibility index (Phi) is 4.79. The molecule has 0 atom stereocenters. The minimum atomic E-state index is 0.257. The number of aryl methyl sites for hydroxylation is 1. The predicted molar refractivity (Wildman–Crippen MR) is 84.3 cm³/mol. The number of rotatable bonds is 2. The van der Waals surface area contributed by atoms with Crippen LogP contribution < -0.4 is 0 Å². The van der Waals surface area contributed by atoms with Crippen molar-refractivity contribution >= 4 is 18.1 Å². The molecule has 106 valence electrons. The zero-order valence-corrected chi connectivity index (χ0v) is 12.3. The van der Waals surface area contributed by atoms with Crippen LogP contribution in [0.4, 0.5) is 0 Å². The molecule has 0 unspecified atom stereocenters. The first kappa shape index (κ1) is 14.9. The van der Waals surface area contributed by atoms with Gasteiger partial charge in [-0.3, -0.25) is 0 Å². The first-order valence-electron chi connectivity index (χ1n) is 6.21. The summed E-state index contributed by atoms with van der Waals surface area (Å²) in [6.07, 6.45) is 0. The number of carbonyl (C=O) groups excluding carboxylic acids is 1. The number of aromatic nitrogens is 2. The van der Waals surface area contributed by atoms with E-state index in [-0.39, 0.29) is 5.75 Å². The molecule has 1 aromatic heterocycles. The lowest BCUT2D eigenvalue weighted by Gasteiger charge is -1.96. The van der Waals surface area contributed by atoms with Gasteiger partial charge in [0.25, 0.3) is 0 Å². The second-order valence-electron chi connectivity index (χ2n) is 4.33. The first-order valence-corrected chi connectivity index (χ1v) is 7.03. The minimum Gasteiger partial charge on any atom is -0.508 e. The number of phenolic OH excluding ortho intramolecular Hbond substituents is 1. The van der Waals surface area contributed by atoms with E-state index in [1.54, 1.807) is 23.5 Å². The molecule has 1 heterocycles. The van der Waals surface area contributed by atoms with Crippen LogP contribution >= 0.6 is 11.3 Å². The standard InChI is InChI=1S/C15H12N2OS.CH2O/c1-10-2-4-11(5-3-10)14-16-17-15(19-14)12-6-8-13(18)9-7-12;1-2/h2-9,18H,1H3;1H2. The van der Waals surface area contributed by atoms with Crippen LogP contribution in [0.1, 0.15) is 5.56 Å². The van der Waals surface area contributed by atoms with E-state index in [4.69, 9.17) is 4.79 Å². The van der Waals surface area contributed by atoms with Gasteiger partial charge in [0, 0.05) is 11.1 Å². The Balaban J connectivity index is 0.000000774. The zero-order chi connectivity index (χ0) is 15.2. The highest BCUT2D eigenvalue weighted by molar-refractivity contribution is 7.17. The summed E-state index contributed by atoms with van der Waals surface area (Å²) in [4.78, 5) is 8.00. The minimum absolute atomic E-state index is 0.257. The summed E-state index contributed by atoms with van der Waals surface area (Å²) in [6, 6.07) is 15.2. The van der Waals surface area contributed by atoms with Crippen LogP contribution in [0.5, 0.6) is 5.75 Å². The van der Waals surface area contributed by atoms with Crippen LogP contribution in [0.3, 0.4) is 0 Å². The highest BCUT2D eigenvalue weighted by Gasteiger charge is 2.08. The van der Waals surface area contributed by atoms with Crippen molar-refractivity contribution in [3.05, 3.63) is 54.1 Å². The molecule has 0 bridgehead atoms. The molecule has 1 N–H and O–H groups in total. The van der Waals surface area contributed by atoms with Crippen LogP contribution in [-0.4, -0.2) is 22.1 Å². The number of benzene rings is 2. The van der Waals surface area contributed by atoms with Gasteiger partial charge in [-0.1, -0.05) is 41.2 Å². The fourth-order valence-corrected chi connectivity index (χ4v) is 2.61. The van der Waals surface area contributed by atoms with Gasteiger partial charge in [-0.05, 0) is 31.2 Å². The van der Waals surface area contributed by atoms with Crippen molar-refractivity contribution in [2.24, 2.45) is 0 Å². The van der Waals surface area contributed by atoms with Gasteiger partial charge in [0.05, 0.1) is 0 Å². The fraction of sp³-hybridized carbons (Fsp3) is 0.0625. The summed E-state index contributed by atoms with van der Waals surface area (Å²) in [5, 5.41) is 19.5. The Bertz CT molecular complexity index is 646. The molecule has 0 saturated carbocycles. The smallest absolute Gasteiger partial charge is 0.148 e. The molecule has 0 saturated heterocycles. The van der Waals surface area contributed by atoms with E-state index in [0.29, 0.717) is 0 Å². The fourth-order valence-electron chi connectivity index (χ4n) is 1.76. The average molecular weight is 298 g/mol. The molecule has 3 aromatic rings. The lowest BCUT2D eigenvalue weighted by atomic mass is 10.2. The molecule has 21 heavy (non-hydrogen) atoms. The third kappa shape index (κ3) is 3.52. The summed E-state index contributed by atoms with van der Waals surface area (Å²) in [5.74, 6) is 0.257. The Morgan fingerprint density at radius 3 is 1.76 bits per heavy atom. The molecular formula is C16H14N2O2S. The summed E-state index contributed by atoms with van der Waals surface area (Å²) in [5.41, 5.74) is 3.27. The van der Waals surface area contributed by atoms with Gasteiger partial charge in [0.2, 0.25) is 0 Å². The molecule has 0 aliphatic rings. The van der Waals surface area contributed by atoms with Crippen molar-refractivity contribution in [3.8, 4) is 26.9 Å². The van der Waals surface area contributed by atoms with E-state index in [1.807, 2.05) is 18.9 Å². The molecule has 0 fully saturated rings. The van der Waals surface area contributed by atoms with Gasteiger partial charge in [0.15, 0.2) is 0 Å². The van der Waals surface area contributed by atoms with Crippen molar-refractivity contribution in [1.29, 1.82) is 0 Å². The van der Waals surface area contributed by atoms with E-state index in [1.165, 1.54) is 5.56 Å². The van der Waals surface area contributed by atoms with Crippen molar-refractivity contribution in [2.45, 2.75) is 6.92 Å². The maximum absolute atomic E-state index is 9.28. The van der Waals surface area contributed by atoms with Crippen LogP contribution in [0, 0.1) is 6.92 Å². The highest BCUT2D eigenvalue weighted by Crippen LogP contribution is 2.30. The molecule has 0 spiro atoms. The predicted octanol–water partition coefficient (Wildman–Crippen LogP) is 3.70. The number of hydrogen-bond acceptors (Lipinski definition) is 5. The van der Waals surface area contributed by atoms with Gasteiger partial charge in [-0.25, -0.2) is 0 Å². The highest BCUT2D eigenvalue weighted by atomic mass is 32.1. The largest absolute Gasteiger partial charge is 0.508 e. The molecule has 5 heteroatoms. The van der Waals surface area contributed by atoms with Crippen molar-refractivity contribution in [3.63, 3.8) is 0 Å². The van der Waals surface area contributed by atoms with Crippen LogP contribution in [0.25, 0.3) is 21.1 Å². The van der Waals surface area contributed by atoms with E-state index in [9.17, 15) is 5.11 Å².